The zero-order chi connectivity index (χ0) is 20.2. The summed E-state index contributed by atoms with van der Waals surface area (Å²) in [6.07, 6.45) is 4.30. The quantitative estimate of drug-likeness (QED) is 0.393. The zero-order valence-corrected chi connectivity index (χ0v) is 20.2. The van der Waals surface area contributed by atoms with E-state index in [0.29, 0.717) is 11.9 Å². The molecule has 0 fully saturated rings. The van der Waals surface area contributed by atoms with E-state index < -0.39 is 8.07 Å². The molecule has 1 unspecified atom stereocenters. The van der Waals surface area contributed by atoms with Gasteiger partial charge in [0.05, 0.1) is 0 Å². The summed E-state index contributed by atoms with van der Waals surface area (Å²) in [6.45, 7) is 18.3. The number of aryl methyl sites for hydroxylation is 3. The molecule has 4 rings (SSSR count). The Balaban J connectivity index is 1.94. The van der Waals surface area contributed by atoms with Crippen LogP contribution in [0.15, 0.2) is 41.8 Å². The fraction of sp³-hybridized carbons (Fsp3) is 0.333. The maximum atomic E-state index is 6.22. The summed E-state index contributed by atoms with van der Waals surface area (Å²) in [5.74, 6) is 1.07. The van der Waals surface area contributed by atoms with Gasteiger partial charge in [0.2, 0.25) is 0 Å². The van der Waals surface area contributed by atoms with E-state index in [9.17, 15) is 0 Å². The average molecular weight is 425 g/mol. The Morgan fingerprint density at radius 2 is 1.93 bits per heavy atom. The monoisotopic (exact) mass is 424 g/mol. The van der Waals surface area contributed by atoms with Gasteiger partial charge in [-0.2, -0.15) is 0 Å². The van der Waals surface area contributed by atoms with Gasteiger partial charge in [-0.15, -0.1) is 23.1 Å². The van der Waals surface area contributed by atoms with E-state index >= 15 is 0 Å². The third-order valence-corrected chi connectivity index (χ3v) is 11.7. The number of hydrogen-bond donors (Lipinski definition) is 0. The lowest BCUT2D eigenvalue weighted by Gasteiger charge is -2.29. The molecule has 1 nitrogen and oxygen atoms in total. The van der Waals surface area contributed by atoms with Crippen LogP contribution in [0.4, 0.5) is 0 Å². The van der Waals surface area contributed by atoms with Crippen molar-refractivity contribution >= 4 is 47.1 Å². The number of fused-ring (bicyclic) bond motifs is 3. The summed E-state index contributed by atoms with van der Waals surface area (Å²) in [7, 11) is -1.99. The summed E-state index contributed by atoms with van der Waals surface area (Å²) in [5, 5.41) is 3.57. The molecule has 1 aliphatic carbocycles. The Kier molecular flexibility index (Phi) is 5.01. The smallest absolute Gasteiger partial charge is 0.122 e. The average Bonchev–Trinajstić information content (AvgIpc) is 3.22. The Bertz CT molecular complexity index is 1040. The number of allylic oxidation sites excluding steroid dienone is 1. The first-order valence-electron chi connectivity index (χ1n) is 9.84. The molecule has 4 heteroatoms. The van der Waals surface area contributed by atoms with Crippen molar-refractivity contribution in [3.8, 4) is 5.75 Å². The van der Waals surface area contributed by atoms with Gasteiger partial charge in [-0.05, 0) is 55.3 Å². The zero-order valence-electron chi connectivity index (χ0n) is 17.6. The molecule has 0 saturated heterocycles. The summed E-state index contributed by atoms with van der Waals surface area (Å²) >= 11 is 4.00. The van der Waals surface area contributed by atoms with Crippen LogP contribution in [-0.4, -0.2) is 19.9 Å². The van der Waals surface area contributed by atoms with E-state index in [-0.39, 0.29) is 0 Å². The van der Waals surface area contributed by atoms with Crippen molar-refractivity contribution in [2.45, 2.75) is 46.0 Å². The lowest BCUT2D eigenvalue weighted by Crippen LogP contribution is -2.44. The van der Waals surface area contributed by atoms with Gasteiger partial charge in [-0.3, -0.25) is 0 Å². The predicted molar refractivity (Wildman–Crippen MR) is 130 cm³/mol. The largest absolute Gasteiger partial charge is 0.489 e. The number of hydrogen-bond acceptors (Lipinski definition) is 3. The molecule has 0 N–H and O–H groups in total. The molecule has 0 amide bonds. The number of thioether (sulfide) groups is 1. The molecule has 2 aliphatic rings. The Morgan fingerprint density at radius 1 is 1.18 bits per heavy atom. The number of thiophene rings is 1. The summed E-state index contributed by atoms with van der Waals surface area (Å²) in [6, 6.07) is 6.99. The van der Waals surface area contributed by atoms with E-state index in [4.69, 9.17) is 4.74 Å². The summed E-state index contributed by atoms with van der Waals surface area (Å²) in [4.78, 5) is 4.43. The second kappa shape index (κ2) is 7.08. The second-order valence-corrected chi connectivity index (χ2v) is 15.3. The van der Waals surface area contributed by atoms with Crippen molar-refractivity contribution in [3.05, 3.63) is 68.3 Å². The van der Waals surface area contributed by atoms with E-state index in [0.717, 1.165) is 5.75 Å². The van der Waals surface area contributed by atoms with Gasteiger partial charge < -0.3 is 4.74 Å². The highest BCUT2D eigenvalue weighted by Gasteiger charge is 2.43. The molecule has 1 aromatic carbocycles. The van der Waals surface area contributed by atoms with Crippen molar-refractivity contribution in [2.24, 2.45) is 0 Å². The number of ether oxygens (including phenoxy) is 1. The lowest BCUT2D eigenvalue weighted by atomic mass is 10.1. The molecule has 2 aromatic rings. The molecule has 28 heavy (non-hydrogen) atoms. The Hall–Kier alpha value is -1.49. The van der Waals surface area contributed by atoms with Crippen LogP contribution in [0.5, 0.6) is 5.75 Å². The Labute approximate surface area is 178 Å². The predicted octanol–water partition coefficient (Wildman–Crippen LogP) is 6.64. The molecule has 146 valence electrons. The normalized spacial score (nSPS) is 18.2. The van der Waals surface area contributed by atoms with Crippen LogP contribution in [0.25, 0.3) is 10.8 Å². The molecule has 1 atom stereocenters. The van der Waals surface area contributed by atoms with E-state index in [2.05, 4.69) is 71.6 Å². The number of rotatable bonds is 5. The first-order valence-corrected chi connectivity index (χ1v) is 14.5. The standard InChI is InChI=1S/C24H28OS2Si/c1-8-9-25-21-15(3)10-14(2)11-20(21)28(6,7)24-22-18(12-16(4)26-22)19-13-17(5)27-23(19)24/h8,10-13,16H,1,9H2,2-7H3. The minimum absolute atomic E-state index is 0.549. The molecular formula is C24H28OS2Si. The minimum Gasteiger partial charge on any atom is -0.489 e. The van der Waals surface area contributed by atoms with Crippen LogP contribution in [-0.2, 0) is 0 Å². The topological polar surface area (TPSA) is 9.23 Å². The maximum Gasteiger partial charge on any atom is 0.122 e. The summed E-state index contributed by atoms with van der Waals surface area (Å²) in [5.41, 5.74) is 5.48. The van der Waals surface area contributed by atoms with Gasteiger partial charge in [-0.1, -0.05) is 49.5 Å². The molecule has 2 heterocycles. The van der Waals surface area contributed by atoms with E-state index in [1.165, 1.54) is 42.1 Å². The molecule has 1 aromatic heterocycles. The van der Waals surface area contributed by atoms with Gasteiger partial charge in [0.1, 0.15) is 20.4 Å². The van der Waals surface area contributed by atoms with E-state index in [1.54, 1.807) is 5.20 Å². The van der Waals surface area contributed by atoms with Crippen molar-refractivity contribution in [1.29, 1.82) is 0 Å². The highest BCUT2D eigenvalue weighted by atomic mass is 32.2. The fourth-order valence-corrected chi connectivity index (χ4v) is 11.6. The van der Waals surface area contributed by atoms with Crippen LogP contribution in [0.2, 0.25) is 13.1 Å². The van der Waals surface area contributed by atoms with Gasteiger partial charge in [0, 0.05) is 25.5 Å². The van der Waals surface area contributed by atoms with Gasteiger partial charge in [0.15, 0.2) is 0 Å². The van der Waals surface area contributed by atoms with Crippen LogP contribution in [0.3, 0.4) is 0 Å². The van der Waals surface area contributed by atoms with Crippen LogP contribution in [0.1, 0.15) is 33.4 Å². The molecule has 0 bridgehead atoms. The molecule has 1 aliphatic heterocycles. The molecule has 0 saturated carbocycles. The van der Waals surface area contributed by atoms with Gasteiger partial charge in [-0.25, -0.2) is 0 Å². The number of benzene rings is 1. The minimum atomic E-state index is -1.99. The lowest BCUT2D eigenvalue weighted by molar-refractivity contribution is 0.363. The molecule has 0 spiro atoms. The first-order chi connectivity index (χ1) is 13.2. The second-order valence-electron chi connectivity index (χ2n) is 8.39. The third kappa shape index (κ3) is 3.06. The SMILES string of the molecule is C=CCOc1c(C)cc(C)cc1[Si](C)(C)C1=C2SC(C)C=C2c2cc(C)sc21. The van der Waals surface area contributed by atoms with Crippen molar-refractivity contribution in [3.63, 3.8) is 0 Å². The van der Waals surface area contributed by atoms with Crippen molar-refractivity contribution in [1.82, 2.24) is 0 Å². The summed E-state index contributed by atoms with van der Waals surface area (Å²) < 4.78 is 6.22. The van der Waals surface area contributed by atoms with Crippen LogP contribution >= 0.6 is 23.1 Å². The first kappa shape index (κ1) is 19.8. The van der Waals surface area contributed by atoms with E-state index in [1.807, 2.05) is 29.2 Å². The fourth-order valence-electron chi connectivity index (χ4n) is 4.46. The highest BCUT2D eigenvalue weighted by Crippen LogP contribution is 2.57. The highest BCUT2D eigenvalue weighted by molar-refractivity contribution is 8.05. The maximum absolute atomic E-state index is 6.22. The van der Waals surface area contributed by atoms with Crippen LogP contribution < -0.4 is 9.92 Å². The van der Waals surface area contributed by atoms with Crippen molar-refractivity contribution < 1.29 is 4.74 Å². The van der Waals surface area contributed by atoms with Crippen molar-refractivity contribution in [2.75, 3.05) is 6.61 Å². The molecule has 0 radical (unpaired) electrons. The van der Waals surface area contributed by atoms with Gasteiger partial charge >= 0.3 is 0 Å². The van der Waals surface area contributed by atoms with Gasteiger partial charge in [0.25, 0.3) is 0 Å². The van der Waals surface area contributed by atoms with Crippen LogP contribution in [0, 0.1) is 20.8 Å². The third-order valence-electron chi connectivity index (χ3n) is 5.61. The Morgan fingerprint density at radius 3 is 2.64 bits per heavy atom. The molecular weight excluding hydrogens is 396 g/mol.